The molecule has 3 rings (SSSR count). The van der Waals surface area contributed by atoms with Gasteiger partial charge in [-0.3, -0.25) is 4.79 Å². The molecule has 0 unspecified atom stereocenters. The number of anilines is 1. The third-order valence-corrected chi connectivity index (χ3v) is 4.04. The zero-order valence-corrected chi connectivity index (χ0v) is 15.3. The van der Waals surface area contributed by atoms with Crippen LogP contribution in [0.3, 0.4) is 0 Å². The van der Waals surface area contributed by atoms with Crippen molar-refractivity contribution >= 4 is 28.3 Å². The molecule has 3 aromatic rings. The highest BCUT2D eigenvalue weighted by Crippen LogP contribution is 2.22. The van der Waals surface area contributed by atoms with Gasteiger partial charge in [0.05, 0.1) is 12.2 Å². The number of benzene rings is 3. The van der Waals surface area contributed by atoms with E-state index in [2.05, 4.69) is 5.32 Å². The highest BCUT2D eigenvalue weighted by atomic mass is 16.5. The summed E-state index contributed by atoms with van der Waals surface area (Å²) in [7, 11) is 0. The van der Waals surface area contributed by atoms with E-state index in [1.807, 2.05) is 42.5 Å². The van der Waals surface area contributed by atoms with Crippen LogP contribution >= 0.6 is 0 Å². The molecule has 0 heterocycles. The lowest BCUT2D eigenvalue weighted by Crippen LogP contribution is -2.30. The van der Waals surface area contributed by atoms with Crippen LogP contribution in [-0.4, -0.2) is 24.6 Å². The summed E-state index contributed by atoms with van der Waals surface area (Å²) in [6.07, 6.45) is -0.697. The Morgan fingerprint density at radius 2 is 1.74 bits per heavy atom. The molecule has 1 atom stereocenters. The van der Waals surface area contributed by atoms with Crippen molar-refractivity contribution in [2.24, 2.45) is 0 Å². The van der Waals surface area contributed by atoms with Gasteiger partial charge in [-0.25, -0.2) is 4.79 Å². The van der Waals surface area contributed by atoms with E-state index < -0.39 is 12.1 Å². The molecule has 1 N–H and O–H groups in total. The van der Waals surface area contributed by atoms with Crippen LogP contribution < -0.4 is 10.1 Å². The number of amides is 1. The van der Waals surface area contributed by atoms with Crippen molar-refractivity contribution in [1.29, 1.82) is 0 Å². The minimum absolute atomic E-state index is 0.298. The molecule has 5 nitrogen and oxygen atoms in total. The standard InChI is InChI=1S/C22H21NO4/c1-3-26-22(25)18-9-6-10-19(13-18)23-21(24)15(2)27-20-12-11-16-7-4-5-8-17(16)14-20/h4-15H,3H2,1-2H3,(H,23,24)/t15-/m0/s1. The van der Waals surface area contributed by atoms with E-state index in [1.165, 1.54) is 0 Å². The van der Waals surface area contributed by atoms with Crippen molar-refractivity contribution in [3.05, 3.63) is 72.3 Å². The number of carbonyl (C=O) groups is 2. The summed E-state index contributed by atoms with van der Waals surface area (Å²) < 4.78 is 10.7. The van der Waals surface area contributed by atoms with E-state index in [-0.39, 0.29) is 5.91 Å². The van der Waals surface area contributed by atoms with Crippen LogP contribution in [0, 0.1) is 0 Å². The Balaban J connectivity index is 1.66. The molecule has 0 aliphatic rings. The lowest BCUT2D eigenvalue weighted by atomic mass is 10.1. The van der Waals surface area contributed by atoms with Gasteiger partial charge in [-0.2, -0.15) is 0 Å². The first-order chi connectivity index (χ1) is 13.1. The van der Waals surface area contributed by atoms with E-state index >= 15 is 0 Å². The quantitative estimate of drug-likeness (QED) is 0.658. The monoisotopic (exact) mass is 363 g/mol. The third-order valence-electron chi connectivity index (χ3n) is 4.04. The second kappa shape index (κ2) is 8.36. The second-order valence-electron chi connectivity index (χ2n) is 6.06. The van der Waals surface area contributed by atoms with E-state index in [1.54, 1.807) is 38.1 Å². The Morgan fingerprint density at radius 3 is 2.52 bits per heavy atom. The van der Waals surface area contributed by atoms with Crippen molar-refractivity contribution < 1.29 is 19.1 Å². The van der Waals surface area contributed by atoms with Gasteiger partial charge in [0, 0.05) is 5.69 Å². The Kier molecular flexibility index (Phi) is 5.71. The summed E-state index contributed by atoms with van der Waals surface area (Å²) in [5, 5.41) is 4.92. The predicted molar refractivity (Wildman–Crippen MR) is 105 cm³/mol. The lowest BCUT2D eigenvalue weighted by molar-refractivity contribution is -0.122. The molecule has 5 heteroatoms. The fourth-order valence-electron chi connectivity index (χ4n) is 2.68. The van der Waals surface area contributed by atoms with Crippen molar-refractivity contribution in [2.75, 3.05) is 11.9 Å². The fraction of sp³-hybridized carbons (Fsp3) is 0.182. The van der Waals surface area contributed by atoms with Crippen molar-refractivity contribution in [3.63, 3.8) is 0 Å². The van der Waals surface area contributed by atoms with Crippen LogP contribution in [0.25, 0.3) is 10.8 Å². The van der Waals surface area contributed by atoms with Crippen LogP contribution in [0.5, 0.6) is 5.75 Å². The van der Waals surface area contributed by atoms with Gasteiger partial charge in [-0.15, -0.1) is 0 Å². The second-order valence-corrected chi connectivity index (χ2v) is 6.06. The Bertz CT molecular complexity index is 967. The summed E-state index contributed by atoms with van der Waals surface area (Å²) in [6, 6.07) is 20.3. The average Bonchev–Trinajstić information content (AvgIpc) is 2.68. The van der Waals surface area contributed by atoms with E-state index in [4.69, 9.17) is 9.47 Å². The maximum atomic E-state index is 12.4. The highest BCUT2D eigenvalue weighted by molar-refractivity contribution is 5.96. The minimum Gasteiger partial charge on any atom is -0.481 e. The number of ether oxygens (including phenoxy) is 2. The van der Waals surface area contributed by atoms with Gasteiger partial charge in [-0.05, 0) is 55.0 Å². The molecule has 0 aliphatic carbocycles. The van der Waals surface area contributed by atoms with Crippen molar-refractivity contribution in [3.8, 4) is 5.75 Å². The summed E-state index contributed by atoms with van der Waals surface area (Å²) >= 11 is 0. The summed E-state index contributed by atoms with van der Waals surface area (Å²) in [5.41, 5.74) is 0.900. The highest BCUT2D eigenvalue weighted by Gasteiger charge is 2.16. The van der Waals surface area contributed by atoms with E-state index in [0.29, 0.717) is 23.6 Å². The molecule has 0 radical (unpaired) electrons. The van der Waals surface area contributed by atoms with Gasteiger partial charge >= 0.3 is 5.97 Å². The number of hydrogen-bond donors (Lipinski definition) is 1. The molecule has 0 bridgehead atoms. The summed E-state index contributed by atoms with van der Waals surface area (Å²) in [4.78, 5) is 24.2. The number of rotatable bonds is 6. The number of carbonyl (C=O) groups excluding carboxylic acids is 2. The molecule has 0 saturated carbocycles. The summed E-state index contributed by atoms with van der Waals surface area (Å²) in [5.74, 6) is -0.102. The van der Waals surface area contributed by atoms with Crippen LogP contribution in [-0.2, 0) is 9.53 Å². The first-order valence-corrected chi connectivity index (χ1v) is 8.80. The topological polar surface area (TPSA) is 64.6 Å². The molecule has 0 spiro atoms. The molecule has 3 aromatic carbocycles. The van der Waals surface area contributed by atoms with E-state index in [0.717, 1.165) is 10.8 Å². The molecule has 0 saturated heterocycles. The number of nitrogens with one attached hydrogen (secondary N) is 1. The van der Waals surface area contributed by atoms with Crippen molar-refractivity contribution in [2.45, 2.75) is 20.0 Å². The maximum Gasteiger partial charge on any atom is 0.338 e. The number of hydrogen-bond acceptors (Lipinski definition) is 4. The zero-order valence-electron chi connectivity index (χ0n) is 15.3. The molecule has 0 aliphatic heterocycles. The first-order valence-electron chi connectivity index (χ1n) is 8.80. The lowest BCUT2D eigenvalue weighted by Gasteiger charge is -2.15. The van der Waals surface area contributed by atoms with Gasteiger partial charge in [0.25, 0.3) is 5.91 Å². The molecule has 27 heavy (non-hydrogen) atoms. The largest absolute Gasteiger partial charge is 0.481 e. The van der Waals surface area contributed by atoms with Gasteiger partial charge in [-0.1, -0.05) is 36.4 Å². The van der Waals surface area contributed by atoms with E-state index in [9.17, 15) is 9.59 Å². The molecule has 1 amide bonds. The van der Waals surface area contributed by atoms with Gasteiger partial charge in [0.15, 0.2) is 6.10 Å². The molecule has 0 fully saturated rings. The minimum atomic E-state index is -0.697. The van der Waals surface area contributed by atoms with Crippen LogP contribution in [0.15, 0.2) is 66.7 Å². The van der Waals surface area contributed by atoms with Crippen LogP contribution in [0.1, 0.15) is 24.2 Å². The Hall–Kier alpha value is -3.34. The molecule has 138 valence electrons. The first kappa shape index (κ1) is 18.5. The fourth-order valence-corrected chi connectivity index (χ4v) is 2.68. The third kappa shape index (κ3) is 4.64. The SMILES string of the molecule is CCOC(=O)c1cccc(NC(=O)[C@H](C)Oc2ccc3ccccc3c2)c1. The van der Waals surface area contributed by atoms with Crippen LogP contribution in [0.4, 0.5) is 5.69 Å². The van der Waals surface area contributed by atoms with Gasteiger partial charge in [0.1, 0.15) is 5.75 Å². The van der Waals surface area contributed by atoms with Gasteiger partial charge < -0.3 is 14.8 Å². The number of fused-ring (bicyclic) bond motifs is 1. The van der Waals surface area contributed by atoms with Crippen LogP contribution in [0.2, 0.25) is 0 Å². The predicted octanol–water partition coefficient (Wildman–Crippen LogP) is 4.42. The Morgan fingerprint density at radius 1 is 0.963 bits per heavy atom. The van der Waals surface area contributed by atoms with Gasteiger partial charge in [0.2, 0.25) is 0 Å². The normalized spacial score (nSPS) is 11.6. The molecule has 0 aromatic heterocycles. The zero-order chi connectivity index (χ0) is 19.2. The number of esters is 1. The maximum absolute atomic E-state index is 12.4. The van der Waals surface area contributed by atoms with Crippen molar-refractivity contribution in [1.82, 2.24) is 0 Å². The molecular weight excluding hydrogens is 342 g/mol. The summed E-state index contributed by atoms with van der Waals surface area (Å²) in [6.45, 7) is 3.72. The molecular formula is C22H21NO4. The smallest absolute Gasteiger partial charge is 0.338 e. The average molecular weight is 363 g/mol. The Labute approximate surface area is 157 Å².